The highest BCUT2D eigenvalue weighted by molar-refractivity contribution is 7.91. The van der Waals surface area contributed by atoms with Crippen LogP contribution in [0.2, 0.25) is 0 Å². The van der Waals surface area contributed by atoms with Crippen molar-refractivity contribution in [1.82, 2.24) is 14.5 Å². The van der Waals surface area contributed by atoms with Crippen molar-refractivity contribution in [3.8, 4) is 5.88 Å². The van der Waals surface area contributed by atoms with Gasteiger partial charge in [0, 0.05) is 18.8 Å². The van der Waals surface area contributed by atoms with Gasteiger partial charge in [0.1, 0.15) is 10.3 Å². The van der Waals surface area contributed by atoms with Crippen LogP contribution in [-0.4, -0.2) is 42.1 Å². The maximum absolute atomic E-state index is 12.3. The Bertz CT molecular complexity index is 659. The Morgan fingerprint density at radius 3 is 2.95 bits per heavy atom. The minimum absolute atomic E-state index is 0.179. The second-order valence-electron chi connectivity index (χ2n) is 4.39. The van der Waals surface area contributed by atoms with Crippen molar-refractivity contribution in [2.45, 2.75) is 16.7 Å². The highest BCUT2D eigenvalue weighted by Crippen LogP contribution is 2.25. The summed E-state index contributed by atoms with van der Waals surface area (Å²) in [5.74, 6) is 0.424. The van der Waals surface area contributed by atoms with Gasteiger partial charge in [0.15, 0.2) is 0 Å². The summed E-state index contributed by atoms with van der Waals surface area (Å²) in [6, 6.07) is 6.80. The summed E-state index contributed by atoms with van der Waals surface area (Å²) >= 11 is 1.23. The molecule has 3 heterocycles. The Hall–Kier alpha value is -1.51. The number of hydrogen-bond donors (Lipinski definition) is 0. The molecule has 20 heavy (non-hydrogen) atoms. The molecular formula is C12H13N3O3S2. The maximum atomic E-state index is 12.3. The van der Waals surface area contributed by atoms with Gasteiger partial charge in [-0.3, -0.25) is 0 Å². The molecule has 0 bridgehead atoms. The van der Waals surface area contributed by atoms with E-state index in [2.05, 4.69) is 10.2 Å². The molecule has 0 radical (unpaired) electrons. The predicted octanol–water partition coefficient (Wildman–Crippen LogP) is 1.38. The third-order valence-electron chi connectivity index (χ3n) is 3.03. The molecule has 1 aliphatic rings. The summed E-state index contributed by atoms with van der Waals surface area (Å²) in [7, 11) is -3.38. The largest absolute Gasteiger partial charge is 0.472 e. The van der Waals surface area contributed by atoms with Crippen LogP contribution in [0, 0.1) is 0 Å². The first-order valence-corrected chi connectivity index (χ1v) is 8.46. The van der Waals surface area contributed by atoms with Gasteiger partial charge in [0.2, 0.25) is 5.88 Å². The normalized spacial score (nSPS) is 20.1. The number of sulfonamides is 1. The zero-order valence-electron chi connectivity index (χ0n) is 10.5. The van der Waals surface area contributed by atoms with Crippen LogP contribution in [0.1, 0.15) is 6.42 Å². The molecule has 0 N–H and O–H groups in total. The molecule has 2 aromatic heterocycles. The van der Waals surface area contributed by atoms with Gasteiger partial charge in [0.05, 0.1) is 6.54 Å². The fourth-order valence-corrected chi connectivity index (χ4v) is 4.70. The summed E-state index contributed by atoms with van der Waals surface area (Å²) in [6.07, 6.45) is 2.04. The lowest BCUT2D eigenvalue weighted by atomic mass is 10.3. The first kappa shape index (κ1) is 13.5. The molecule has 1 fully saturated rings. The van der Waals surface area contributed by atoms with Crippen LogP contribution in [-0.2, 0) is 10.0 Å². The van der Waals surface area contributed by atoms with E-state index in [1.165, 1.54) is 15.6 Å². The molecular weight excluding hydrogens is 298 g/mol. The molecule has 8 heteroatoms. The van der Waals surface area contributed by atoms with Crippen LogP contribution >= 0.6 is 11.3 Å². The minimum Gasteiger partial charge on any atom is -0.472 e. The first-order chi connectivity index (χ1) is 9.66. The molecule has 3 rings (SSSR count). The molecule has 0 aromatic carbocycles. The molecule has 6 nitrogen and oxygen atoms in total. The Morgan fingerprint density at radius 2 is 2.25 bits per heavy atom. The second kappa shape index (κ2) is 5.47. The van der Waals surface area contributed by atoms with Gasteiger partial charge in [-0.05, 0) is 23.9 Å². The molecule has 1 unspecified atom stereocenters. The van der Waals surface area contributed by atoms with E-state index in [-0.39, 0.29) is 6.10 Å². The van der Waals surface area contributed by atoms with Gasteiger partial charge in [-0.15, -0.1) is 16.4 Å². The van der Waals surface area contributed by atoms with Crippen molar-refractivity contribution >= 4 is 21.4 Å². The van der Waals surface area contributed by atoms with Crippen LogP contribution < -0.4 is 4.74 Å². The van der Waals surface area contributed by atoms with Gasteiger partial charge in [0.25, 0.3) is 10.0 Å². The van der Waals surface area contributed by atoms with Gasteiger partial charge in [-0.25, -0.2) is 8.42 Å². The molecule has 106 valence electrons. The standard InChI is InChI=1S/C12H13N3O3S2/c16-20(17,12-4-2-8-19-12)15-7-5-10(9-15)18-11-3-1-6-13-14-11/h1-4,6,8,10H,5,7,9H2. The maximum Gasteiger partial charge on any atom is 0.252 e. The van der Waals surface area contributed by atoms with Crippen molar-refractivity contribution in [1.29, 1.82) is 0 Å². The molecule has 0 saturated carbocycles. The number of thiophene rings is 1. The van der Waals surface area contributed by atoms with Crippen LogP contribution in [0.4, 0.5) is 0 Å². The fraction of sp³-hybridized carbons (Fsp3) is 0.333. The van der Waals surface area contributed by atoms with Crippen molar-refractivity contribution in [2.75, 3.05) is 13.1 Å². The molecule has 1 atom stereocenters. The quantitative estimate of drug-likeness (QED) is 0.853. The monoisotopic (exact) mass is 311 g/mol. The van der Waals surface area contributed by atoms with E-state index in [4.69, 9.17) is 4.74 Å². The molecule has 0 spiro atoms. The third-order valence-corrected chi connectivity index (χ3v) is 6.27. The average molecular weight is 311 g/mol. The summed E-state index contributed by atoms with van der Waals surface area (Å²) in [4.78, 5) is 0. The molecule has 0 aliphatic carbocycles. The molecule has 2 aromatic rings. The first-order valence-electron chi connectivity index (χ1n) is 6.14. The Balaban J connectivity index is 1.68. The average Bonchev–Trinajstić information content (AvgIpc) is 3.11. The smallest absolute Gasteiger partial charge is 0.252 e. The van der Waals surface area contributed by atoms with Gasteiger partial charge < -0.3 is 4.74 Å². The number of nitrogens with zero attached hydrogens (tertiary/aromatic N) is 3. The highest BCUT2D eigenvalue weighted by Gasteiger charge is 2.34. The van der Waals surface area contributed by atoms with Crippen LogP contribution in [0.15, 0.2) is 40.1 Å². The summed E-state index contributed by atoms with van der Waals surface area (Å²) in [6.45, 7) is 0.808. The van der Waals surface area contributed by atoms with Gasteiger partial charge >= 0.3 is 0 Å². The lowest BCUT2D eigenvalue weighted by Gasteiger charge is -2.15. The summed E-state index contributed by atoms with van der Waals surface area (Å²) in [5.41, 5.74) is 0. The zero-order chi connectivity index (χ0) is 14.0. The number of hydrogen-bond acceptors (Lipinski definition) is 6. The van der Waals surface area contributed by atoms with Crippen molar-refractivity contribution in [3.63, 3.8) is 0 Å². The van der Waals surface area contributed by atoms with E-state index in [1.807, 2.05) is 0 Å². The predicted molar refractivity (Wildman–Crippen MR) is 74.1 cm³/mol. The van der Waals surface area contributed by atoms with Crippen LogP contribution in [0.25, 0.3) is 0 Å². The SMILES string of the molecule is O=S(=O)(c1cccs1)N1CCC(Oc2cccnn2)C1. The van der Waals surface area contributed by atoms with E-state index in [0.29, 0.717) is 29.6 Å². The lowest BCUT2D eigenvalue weighted by Crippen LogP contribution is -2.30. The van der Waals surface area contributed by atoms with Crippen molar-refractivity contribution in [3.05, 3.63) is 35.8 Å². The Labute approximate surface area is 121 Å². The summed E-state index contributed by atoms with van der Waals surface area (Å²) in [5, 5.41) is 9.33. The topological polar surface area (TPSA) is 72.4 Å². The Morgan fingerprint density at radius 1 is 1.35 bits per heavy atom. The summed E-state index contributed by atoms with van der Waals surface area (Å²) < 4.78 is 32.2. The van der Waals surface area contributed by atoms with E-state index >= 15 is 0 Å². The number of rotatable bonds is 4. The van der Waals surface area contributed by atoms with Gasteiger partial charge in [-0.1, -0.05) is 6.07 Å². The van der Waals surface area contributed by atoms with Crippen LogP contribution in [0.3, 0.4) is 0 Å². The molecule has 0 amide bonds. The van der Waals surface area contributed by atoms with Gasteiger partial charge in [-0.2, -0.15) is 9.40 Å². The minimum atomic E-state index is -3.38. The molecule has 1 aliphatic heterocycles. The number of ether oxygens (including phenoxy) is 1. The van der Waals surface area contributed by atoms with Crippen LogP contribution in [0.5, 0.6) is 5.88 Å². The van der Waals surface area contributed by atoms with Crippen molar-refractivity contribution < 1.29 is 13.2 Å². The van der Waals surface area contributed by atoms with E-state index in [9.17, 15) is 8.42 Å². The third kappa shape index (κ3) is 2.67. The van der Waals surface area contributed by atoms with E-state index < -0.39 is 10.0 Å². The van der Waals surface area contributed by atoms with E-state index in [0.717, 1.165) is 0 Å². The molecule has 1 saturated heterocycles. The number of aromatic nitrogens is 2. The highest BCUT2D eigenvalue weighted by atomic mass is 32.2. The van der Waals surface area contributed by atoms with E-state index in [1.54, 1.807) is 35.8 Å². The second-order valence-corrected chi connectivity index (χ2v) is 7.50. The lowest BCUT2D eigenvalue weighted by molar-refractivity contribution is 0.204. The Kier molecular flexibility index (Phi) is 3.68. The van der Waals surface area contributed by atoms with Crippen molar-refractivity contribution in [2.24, 2.45) is 0 Å². The zero-order valence-corrected chi connectivity index (χ0v) is 12.2. The fourth-order valence-electron chi connectivity index (χ4n) is 2.07.